The van der Waals surface area contributed by atoms with Crippen LogP contribution in [0, 0.1) is 5.92 Å². The lowest BCUT2D eigenvalue weighted by Crippen LogP contribution is -2.13. The lowest BCUT2D eigenvalue weighted by Gasteiger charge is -2.14. The van der Waals surface area contributed by atoms with Crippen LogP contribution in [-0.2, 0) is 20.6 Å². The van der Waals surface area contributed by atoms with Crippen LogP contribution in [0.2, 0.25) is 0 Å². The van der Waals surface area contributed by atoms with Crippen molar-refractivity contribution in [3.63, 3.8) is 0 Å². The lowest BCUT2D eigenvalue weighted by atomic mass is 9.98. The van der Waals surface area contributed by atoms with Crippen molar-refractivity contribution in [3.05, 3.63) is 34.3 Å². The van der Waals surface area contributed by atoms with Gasteiger partial charge in [0.2, 0.25) is 0 Å². The zero-order chi connectivity index (χ0) is 15.3. The number of ether oxygens (including phenoxy) is 3. The summed E-state index contributed by atoms with van der Waals surface area (Å²) in [6.07, 6.45) is 1.95. The van der Waals surface area contributed by atoms with E-state index >= 15 is 0 Å². The fourth-order valence-electron chi connectivity index (χ4n) is 1.95. The molecule has 5 heteroatoms. The number of hydrogen-bond acceptors (Lipinski definition) is 3. The Morgan fingerprint density at radius 2 is 1.81 bits per heavy atom. The van der Waals surface area contributed by atoms with Gasteiger partial charge in [-0.25, -0.2) is 0 Å². The molecule has 3 nitrogen and oxygen atoms in total. The third-order valence-corrected chi connectivity index (χ3v) is 4.04. The summed E-state index contributed by atoms with van der Waals surface area (Å²) in [5.74, 6) is 1.09. The van der Waals surface area contributed by atoms with Crippen molar-refractivity contribution in [2.75, 3.05) is 46.0 Å². The second-order valence-electron chi connectivity index (χ2n) is 4.86. The fourth-order valence-corrected chi connectivity index (χ4v) is 2.66. The first kappa shape index (κ1) is 18.9. The van der Waals surface area contributed by atoms with Gasteiger partial charge in [-0.1, -0.05) is 28.1 Å². The largest absolute Gasteiger partial charge is 0.382 e. The van der Waals surface area contributed by atoms with Crippen molar-refractivity contribution in [2.24, 2.45) is 5.92 Å². The lowest BCUT2D eigenvalue weighted by molar-refractivity contribution is 0.0223. The summed E-state index contributed by atoms with van der Waals surface area (Å²) in [6.45, 7) is 3.20. The number of hydrogen-bond donors (Lipinski definition) is 0. The Balaban J connectivity index is 2.11. The molecule has 1 atom stereocenters. The minimum atomic E-state index is 0.440. The third kappa shape index (κ3) is 9.48. The maximum absolute atomic E-state index is 6.05. The molecule has 1 aromatic carbocycles. The maximum Gasteiger partial charge on any atom is 0.0701 e. The molecule has 21 heavy (non-hydrogen) atoms. The number of methoxy groups -OCH3 is 1. The average Bonchev–Trinajstić information content (AvgIpc) is 2.48. The first-order chi connectivity index (χ1) is 10.3. The molecule has 1 unspecified atom stereocenters. The van der Waals surface area contributed by atoms with Gasteiger partial charge >= 0.3 is 0 Å². The molecular weight excluding hydrogens is 356 g/mol. The zero-order valence-electron chi connectivity index (χ0n) is 12.5. The molecule has 0 N–H and O–H groups in total. The molecule has 0 bridgehead atoms. The first-order valence-electron chi connectivity index (χ1n) is 7.21. The minimum absolute atomic E-state index is 0.440. The molecular formula is C16H24BrClO3. The number of benzene rings is 1. The molecule has 0 spiro atoms. The van der Waals surface area contributed by atoms with Crippen LogP contribution >= 0.6 is 27.5 Å². The Kier molecular flexibility index (Phi) is 11.2. The van der Waals surface area contributed by atoms with Crippen molar-refractivity contribution >= 4 is 27.5 Å². The van der Waals surface area contributed by atoms with Crippen molar-refractivity contribution < 1.29 is 14.2 Å². The molecule has 0 heterocycles. The van der Waals surface area contributed by atoms with Gasteiger partial charge in [-0.3, -0.25) is 0 Å². The summed E-state index contributed by atoms with van der Waals surface area (Å²) < 4.78 is 16.9. The van der Waals surface area contributed by atoms with Crippen LogP contribution in [0.15, 0.2) is 28.7 Å². The highest BCUT2D eigenvalue weighted by Gasteiger charge is 2.09. The van der Waals surface area contributed by atoms with Crippen LogP contribution in [0.3, 0.4) is 0 Å². The molecule has 0 amide bonds. The molecule has 0 saturated heterocycles. The highest BCUT2D eigenvalue weighted by atomic mass is 79.9. The van der Waals surface area contributed by atoms with Gasteiger partial charge < -0.3 is 14.2 Å². The second kappa shape index (κ2) is 12.4. The summed E-state index contributed by atoms with van der Waals surface area (Å²) in [7, 11) is 1.66. The molecule has 1 rings (SSSR count). The predicted molar refractivity (Wildman–Crippen MR) is 90.2 cm³/mol. The van der Waals surface area contributed by atoms with E-state index in [4.69, 9.17) is 25.8 Å². The summed E-state index contributed by atoms with van der Waals surface area (Å²) in [4.78, 5) is 0. The van der Waals surface area contributed by atoms with Gasteiger partial charge in [0.05, 0.1) is 26.4 Å². The van der Waals surface area contributed by atoms with Crippen molar-refractivity contribution in [1.29, 1.82) is 0 Å². The Labute approximate surface area is 141 Å². The highest BCUT2D eigenvalue weighted by molar-refractivity contribution is 9.10. The minimum Gasteiger partial charge on any atom is -0.382 e. The van der Waals surface area contributed by atoms with E-state index in [2.05, 4.69) is 34.1 Å². The van der Waals surface area contributed by atoms with E-state index in [1.54, 1.807) is 7.11 Å². The smallest absolute Gasteiger partial charge is 0.0701 e. The van der Waals surface area contributed by atoms with E-state index in [1.165, 1.54) is 5.56 Å². The fraction of sp³-hybridized carbons (Fsp3) is 0.625. The van der Waals surface area contributed by atoms with Crippen molar-refractivity contribution in [1.82, 2.24) is 0 Å². The van der Waals surface area contributed by atoms with E-state index in [1.807, 2.05) is 6.07 Å². The van der Waals surface area contributed by atoms with Crippen LogP contribution in [-0.4, -0.2) is 46.0 Å². The van der Waals surface area contributed by atoms with Crippen LogP contribution < -0.4 is 0 Å². The Bertz CT molecular complexity index is 376. The van der Waals surface area contributed by atoms with Gasteiger partial charge in [-0.15, -0.1) is 11.6 Å². The zero-order valence-corrected chi connectivity index (χ0v) is 14.9. The SMILES string of the molecule is COCCOCCOCCC(CCl)Cc1cccc(Br)c1. The molecule has 0 aliphatic carbocycles. The van der Waals surface area contributed by atoms with Gasteiger partial charge in [-0.05, 0) is 36.5 Å². The number of alkyl halides is 1. The molecule has 0 aromatic heterocycles. The van der Waals surface area contributed by atoms with Crippen LogP contribution in [0.5, 0.6) is 0 Å². The molecule has 0 aliphatic heterocycles. The van der Waals surface area contributed by atoms with E-state index in [-0.39, 0.29) is 0 Å². The van der Waals surface area contributed by atoms with E-state index < -0.39 is 0 Å². The van der Waals surface area contributed by atoms with Crippen LogP contribution in [0.4, 0.5) is 0 Å². The predicted octanol–water partition coefficient (Wildman–Crippen LogP) is 3.92. The summed E-state index contributed by atoms with van der Waals surface area (Å²) in [6, 6.07) is 8.36. The average molecular weight is 380 g/mol. The van der Waals surface area contributed by atoms with Crippen LogP contribution in [0.1, 0.15) is 12.0 Å². The molecule has 0 fully saturated rings. The van der Waals surface area contributed by atoms with Gasteiger partial charge in [0, 0.05) is 24.1 Å². The highest BCUT2D eigenvalue weighted by Crippen LogP contribution is 2.18. The molecule has 0 radical (unpaired) electrons. The molecule has 120 valence electrons. The quantitative estimate of drug-likeness (QED) is 0.407. The van der Waals surface area contributed by atoms with Crippen molar-refractivity contribution in [3.8, 4) is 0 Å². The first-order valence-corrected chi connectivity index (χ1v) is 8.54. The molecule has 1 aromatic rings. The monoisotopic (exact) mass is 378 g/mol. The Hall–Kier alpha value is -0.130. The van der Waals surface area contributed by atoms with Crippen LogP contribution in [0.25, 0.3) is 0 Å². The second-order valence-corrected chi connectivity index (χ2v) is 6.08. The molecule has 0 saturated carbocycles. The summed E-state index contributed by atoms with van der Waals surface area (Å²) >= 11 is 9.54. The van der Waals surface area contributed by atoms with E-state index in [0.717, 1.165) is 23.9 Å². The van der Waals surface area contributed by atoms with Gasteiger partial charge in [0.25, 0.3) is 0 Å². The third-order valence-electron chi connectivity index (χ3n) is 3.11. The normalized spacial score (nSPS) is 12.5. The van der Waals surface area contributed by atoms with E-state index in [0.29, 0.717) is 38.2 Å². The van der Waals surface area contributed by atoms with Gasteiger partial charge in [-0.2, -0.15) is 0 Å². The van der Waals surface area contributed by atoms with E-state index in [9.17, 15) is 0 Å². The standard InChI is InChI=1S/C16H24BrClO3/c1-19-7-8-21-10-9-20-6-5-15(13-18)11-14-3-2-4-16(17)12-14/h2-4,12,15H,5-11,13H2,1H3. The summed E-state index contributed by atoms with van der Waals surface area (Å²) in [5, 5.41) is 0. The van der Waals surface area contributed by atoms with Gasteiger partial charge in [0.15, 0.2) is 0 Å². The molecule has 0 aliphatic rings. The Morgan fingerprint density at radius 1 is 1.10 bits per heavy atom. The Morgan fingerprint density at radius 3 is 2.48 bits per heavy atom. The maximum atomic E-state index is 6.05. The van der Waals surface area contributed by atoms with Gasteiger partial charge in [0.1, 0.15) is 0 Å². The van der Waals surface area contributed by atoms with Crippen molar-refractivity contribution in [2.45, 2.75) is 12.8 Å². The number of halogens is 2. The number of rotatable bonds is 12. The summed E-state index contributed by atoms with van der Waals surface area (Å²) in [5.41, 5.74) is 1.30. The topological polar surface area (TPSA) is 27.7 Å².